The Morgan fingerprint density at radius 1 is 1.00 bits per heavy atom. The van der Waals surface area contributed by atoms with E-state index in [0.717, 1.165) is 17.0 Å². The third-order valence-electron chi connectivity index (χ3n) is 3.99. The maximum atomic E-state index is 11.6. The van der Waals surface area contributed by atoms with Crippen molar-refractivity contribution in [2.24, 2.45) is 10.2 Å². The minimum atomic E-state index is -4.74. The third kappa shape index (κ3) is 3.89. The van der Waals surface area contributed by atoms with Crippen LogP contribution in [-0.4, -0.2) is 22.9 Å². The monoisotopic (exact) mass is 401 g/mol. The summed E-state index contributed by atoms with van der Waals surface area (Å²) in [5.41, 5.74) is 7.69. The molecule has 2 aromatic carbocycles. The van der Waals surface area contributed by atoms with Gasteiger partial charge in [0.2, 0.25) is 0 Å². The molecule has 0 fully saturated rings. The number of rotatable bonds is 3. The standard InChI is InChI=1S/C18H13N5O3S.Na/c19-17-15(9-16(27(24,25)26)13-5-3-7-20-18(13)17)23-22-12-8-11-4-1-2-6-14(11)21-10-12;/h1-10H,19H2,(H,24,25,26);/q;+1/p-1. The molecule has 10 heteroatoms. The maximum absolute atomic E-state index is 11.6. The molecule has 0 saturated heterocycles. The first kappa shape index (κ1) is 20.3. The van der Waals surface area contributed by atoms with Crippen LogP contribution in [0, 0.1) is 0 Å². The summed E-state index contributed by atoms with van der Waals surface area (Å²) in [6.07, 6.45) is 2.99. The molecule has 0 bridgehead atoms. The van der Waals surface area contributed by atoms with E-state index >= 15 is 0 Å². The number of benzene rings is 2. The van der Waals surface area contributed by atoms with Gasteiger partial charge in [0.25, 0.3) is 0 Å². The Morgan fingerprint density at radius 2 is 1.79 bits per heavy atom. The molecule has 2 aromatic heterocycles. The number of pyridine rings is 2. The average molecular weight is 401 g/mol. The molecule has 0 saturated carbocycles. The Bertz CT molecular complexity index is 1330. The Balaban J connectivity index is 0.00000225. The summed E-state index contributed by atoms with van der Waals surface area (Å²) in [5, 5.41) is 9.13. The van der Waals surface area contributed by atoms with E-state index in [-0.39, 0.29) is 51.8 Å². The van der Waals surface area contributed by atoms with Crippen molar-refractivity contribution in [3.8, 4) is 0 Å². The predicted octanol–water partition coefficient (Wildman–Crippen LogP) is 0.689. The molecule has 0 radical (unpaired) electrons. The summed E-state index contributed by atoms with van der Waals surface area (Å²) in [5.74, 6) is 0. The zero-order valence-corrected chi connectivity index (χ0v) is 17.6. The topological polar surface area (TPSA) is 134 Å². The fraction of sp³-hybridized carbons (Fsp3) is 0. The number of nitrogen functional groups attached to an aromatic ring is 1. The van der Waals surface area contributed by atoms with Crippen molar-refractivity contribution >= 4 is 49.0 Å². The van der Waals surface area contributed by atoms with Crippen LogP contribution in [0.4, 0.5) is 17.1 Å². The van der Waals surface area contributed by atoms with Gasteiger partial charge >= 0.3 is 29.6 Å². The molecule has 4 rings (SSSR count). The van der Waals surface area contributed by atoms with Crippen LogP contribution in [0.3, 0.4) is 0 Å². The molecule has 0 spiro atoms. The van der Waals surface area contributed by atoms with Gasteiger partial charge < -0.3 is 10.3 Å². The molecule has 8 nitrogen and oxygen atoms in total. The van der Waals surface area contributed by atoms with Gasteiger partial charge in [-0.2, -0.15) is 0 Å². The van der Waals surface area contributed by atoms with Crippen LogP contribution in [-0.2, 0) is 10.1 Å². The number of nitrogens with two attached hydrogens (primary N) is 1. The van der Waals surface area contributed by atoms with Gasteiger partial charge in [0.05, 0.1) is 27.8 Å². The number of hydrogen-bond acceptors (Lipinski definition) is 8. The zero-order chi connectivity index (χ0) is 19.0. The Labute approximate surface area is 182 Å². The van der Waals surface area contributed by atoms with Crippen LogP contribution in [0.25, 0.3) is 21.8 Å². The summed E-state index contributed by atoms with van der Waals surface area (Å²) in [7, 11) is -4.74. The van der Waals surface area contributed by atoms with Gasteiger partial charge in [0, 0.05) is 17.0 Å². The van der Waals surface area contributed by atoms with Gasteiger partial charge in [-0.3, -0.25) is 9.97 Å². The number of anilines is 1. The first-order chi connectivity index (χ1) is 12.9. The molecule has 0 aliphatic heterocycles. The summed E-state index contributed by atoms with van der Waals surface area (Å²) in [6, 6.07) is 13.4. The molecule has 0 atom stereocenters. The van der Waals surface area contributed by atoms with Crippen molar-refractivity contribution in [1.82, 2.24) is 9.97 Å². The fourth-order valence-electron chi connectivity index (χ4n) is 2.74. The largest absolute Gasteiger partial charge is 1.00 e. The van der Waals surface area contributed by atoms with E-state index in [2.05, 4.69) is 20.2 Å². The van der Waals surface area contributed by atoms with E-state index in [4.69, 9.17) is 5.73 Å². The van der Waals surface area contributed by atoms with Crippen molar-refractivity contribution in [1.29, 1.82) is 0 Å². The van der Waals surface area contributed by atoms with Crippen molar-refractivity contribution in [2.45, 2.75) is 4.90 Å². The normalized spacial score (nSPS) is 11.8. The molecular weight excluding hydrogens is 389 g/mol. The van der Waals surface area contributed by atoms with Gasteiger partial charge in [-0.1, -0.05) is 18.2 Å². The Morgan fingerprint density at radius 3 is 2.57 bits per heavy atom. The minimum absolute atomic E-state index is 0. The third-order valence-corrected chi connectivity index (χ3v) is 4.87. The van der Waals surface area contributed by atoms with E-state index in [1.165, 1.54) is 24.5 Å². The number of fused-ring (bicyclic) bond motifs is 2. The van der Waals surface area contributed by atoms with Crippen LogP contribution in [0.15, 0.2) is 76.0 Å². The number of nitrogens with zero attached hydrogens (tertiary/aromatic N) is 4. The number of para-hydroxylation sites is 1. The van der Waals surface area contributed by atoms with Gasteiger partial charge in [-0.15, -0.1) is 10.2 Å². The second-order valence-electron chi connectivity index (χ2n) is 5.75. The average Bonchev–Trinajstić information content (AvgIpc) is 2.66. The minimum Gasteiger partial charge on any atom is -0.744 e. The first-order valence-corrected chi connectivity index (χ1v) is 9.24. The first-order valence-electron chi connectivity index (χ1n) is 7.83. The molecular formula is C18H12N5NaO3S. The molecule has 0 amide bonds. The van der Waals surface area contributed by atoms with Crippen LogP contribution < -0.4 is 35.3 Å². The molecule has 2 heterocycles. The Kier molecular flexibility index (Phi) is 5.73. The molecule has 28 heavy (non-hydrogen) atoms. The van der Waals surface area contributed by atoms with E-state index < -0.39 is 15.0 Å². The smallest absolute Gasteiger partial charge is 0.744 e. The molecule has 0 aliphatic rings. The van der Waals surface area contributed by atoms with Gasteiger partial charge in [-0.05, 0) is 30.3 Å². The summed E-state index contributed by atoms with van der Waals surface area (Å²) in [4.78, 5) is 7.91. The summed E-state index contributed by atoms with van der Waals surface area (Å²) < 4.78 is 34.9. The number of aromatic nitrogens is 2. The maximum Gasteiger partial charge on any atom is 1.00 e. The van der Waals surface area contributed by atoms with Crippen LogP contribution in [0.2, 0.25) is 0 Å². The van der Waals surface area contributed by atoms with Crippen molar-refractivity contribution < 1.29 is 42.5 Å². The van der Waals surface area contributed by atoms with Gasteiger partial charge in [0.1, 0.15) is 21.5 Å². The van der Waals surface area contributed by atoms with E-state index in [9.17, 15) is 13.0 Å². The van der Waals surface area contributed by atoms with Gasteiger partial charge in [0.15, 0.2) is 0 Å². The molecule has 0 aliphatic carbocycles. The molecule has 2 N–H and O–H groups in total. The van der Waals surface area contributed by atoms with E-state index in [1.54, 1.807) is 6.07 Å². The van der Waals surface area contributed by atoms with Crippen molar-refractivity contribution in [3.05, 3.63) is 60.9 Å². The van der Waals surface area contributed by atoms with Crippen LogP contribution in [0.1, 0.15) is 0 Å². The SMILES string of the molecule is Nc1c(N=Nc2cnc3ccccc3c2)cc(S(=O)(=O)[O-])c2cccnc12.[Na+]. The van der Waals surface area contributed by atoms with Crippen molar-refractivity contribution in [3.63, 3.8) is 0 Å². The quantitative estimate of drug-likeness (QED) is 0.232. The van der Waals surface area contributed by atoms with E-state index in [1.807, 2.05) is 24.3 Å². The summed E-state index contributed by atoms with van der Waals surface area (Å²) >= 11 is 0. The Hall–Kier alpha value is -2.43. The molecule has 134 valence electrons. The zero-order valence-electron chi connectivity index (χ0n) is 14.8. The van der Waals surface area contributed by atoms with Gasteiger partial charge in [-0.25, -0.2) is 8.42 Å². The van der Waals surface area contributed by atoms with Crippen molar-refractivity contribution in [2.75, 3.05) is 5.73 Å². The summed E-state index contributed by atoms with van der Waals surface area (Å²) in [6.45, 7) is 0. The van der Waals surface area contributed by atoms with E-state index in [0.29, 0.717) is 5.69 Å². The fourth-order valence-corrected chi connectivity index (χ4v) is 3.43. The second-order valence-corrected chi connectivity index (χ2v) is 7.10. The second kappa shape index (κ2) is 7.90. The number of hydrogen-bond donors (Lipinski definition) is 1. The molecule has 4 aromatic rings. The van der Waals surface area contributed by atoms with Crippen LogP contribution in [0.5, 0.6) is 0 Å². The predicted molar refractivity (Wildman–Crippen MR) is 100 cm³/mol. The molecule has 0 unspecified atom stereocenters. The number of azo groups is 1. The van der Waals surface area contributed by atoms with Crippen LogP contribution >= 0.6 is 0 Å².